The van der Waals surface area contributed by atoms with Crippen LogP contribution in [-0.4, -0.2) is 19.3 Å². The summed E-state index contributed by atoms with van der Waals surface area (Å²) in [4.78, 5) is 15.2. The SMILES string of the molecule is NS(=O)(=O)c1cc(F)cc(NC(=O)c2ccncc2)c1. The van der Waals surface area contributed by atoms with Gasteiger partial charge in [0.15, 0.2) is 0 Å². The minimum absolute atomic E-state index is 0.00385. The van der Waals surface area contributed by atoms with Gasteiger partial charge in [-0.3, -0.25) is 9.78 Å². The Morgan fingerprint density at radius 2 is 1.85 bits per heavy atom. The number of aromatic nitrogens is 1. The van der Waals surface area contributed by atoms with E-state index in [0.717, 1.165) is 18.2 Å². The van der Waals surface area contributed by atoms with Gasteiger partial charge in [-0.15, -0.1) is 0 Å². The Morgan fingerprint density at radius 1 is 1.20 bits per heavy atom. The third kappa shape index (κ3) is 3.37. The number of pyridine rings is 1. The van der Waals surface area contributed by atoms with Gasteiger partial charge >= 0.3 is 0 Å². The van der Waals surface area contributed by atoms with E-state index in [-0.39, 0.29) is 5.69 Å². The van der Waals surface area contributed by atoms with E-state index in [2.05, 4.69) is 10.3 Å². The van der Waals surface area contributed by atoms with Crippen molar-refractivity contribution in [2.24, 2.45) is 5.14 Å². The summed E-state index contributed by atoms with van der Waals surface area (Å²) < 4.78 is 35.7. The van der Waals surface area contributed by atoms with Gasteiger partial charge in [0, 0.05) is 23.6 Å². The van der Waals surface area contributed by atoms with E-state index in [1.165, 1.54) is 24.5 Å². The van der Waals surface area contributed by atoms with Crippen molar-refractivity contribution in [1.29, 1.82) is 0 Å². The molecule has 0 radical (unpaired) electrons. The van der Waals surface area contributed by atoms with Gasteiger partial charge in [-0.2, -0.15) is 0 Å². The molecule has 0 bridgehead atoms. The largest absolute Gasteiger partial charge is 0.322 e. The molecule has 8 heteroatoms. The van der Waals surface area contributed by atoms with Crippen LogP contribution in [0.25, 0.3) is 0 Å². The number of nitrogens with zero attached hydrogens (tertiary/aromatic N) is 1. The van der Waals surface area contributed by atoms with Gasteiger partial charge in [-0.1, -0.05) is 0 Å². The first-order chi connectivity index (χ1) is 9.36. The Labute approximate surface area is 114 Å². The highest BCUT2D eigenvalue weighted by Crippen LogP contribution is 2.18. The van der Waals surface area contributed by atoms with Crippen LogP contribution >= 0.6 is 0 Å². The summed E-state index contributed by atoms with van der Waals surface area (Å²) in [5, 5.41) is 7.31. The summed E-state index contributed by atoms with van der Waals surface area (Å²) in [7, 11) is -4.05. The second-order valence-corrected chi connectivity index (χ2v) is 5.47. The second kappa shape index (κ2) is 5.35. The third-order valence-corrected chi connectivity index (χ3v) is 3.29. The lowest BCUT2D eigenvalue weighted by atomic mass is 10.2. The molecule has 2 aromatic rings. The summed E-state index contributed by atoms with van der Waals surface area (Å²) in [5.74, 6) is -1.33. The summed E-state index contributed by atoms with van der Waals surface area (Å²) in [6.07, 6.45) is 2.85. The van der Waals surface area contributed by atoms with E-state index in [0.29, 0.717) is 5.56 Å². The van der Waals surface area contributed by atoms with Crippen LogP contribution in [0.2, 0.25) is 0 Å². The molecule has 3 N–H and O–H groups in total. The first-order valence-electron chi connectivity index (χ1n) is 5.41. The normalized spacial score (nSPS) is 11.1. The van der Waals surface area contributed by atoms with Crippen molar-refractivity contribution in [1.82, 2.24) is 4.98 Å². The topological polar surface area (TPSA) is 102 Å². The van der Waals surface area contributed by atoms with Crippen LogP contribution in [0.3, 0.4) is 0 Å². The van der Waals surface area contributed by atoms with Gasteiger partial charge in [0.05, 0.1) is 4.90 Å². The maximum Gasteiger partial charge on any atom is 0.255 e. The average molecular weight is 295 g/mol. The molecule has 20 heavy (non-hydrogen) atoms. The van der Waals surface area contributed by atoms with Crippen LogP contribution in [0.4, 0.5) is 10.1 Å². The Kier molecular flexibility index (Phi) is 3.77. The van der Waals surface area contributed by atoms with Crippen LogP contribution < -0.4 is 10.5 Å². The zero-order valence-electron chi connectivity index (χ0n) is 10.1. The number of nitrogens with one attached hydrogen (secondary N) is 1. The number of benzene rings is 1. The molecule has 0 fully saturated rings. The molecule has 1 heterocycles. The Bertz CT molecular complexity index is 748. The summed E-state index contributed by atoms with van der Waals surface area (Å²) in [5.41, 5.74) is 0.303. The number of primary sulfonamides is 1. The predicted octanol–water partition coefficient (Wildman–Crippen LogP) is 1.12. The molecule has 1 amide bonds. The fraction of sp³-hybridized carbons (Fsp3) is 0. The lowest BCUT2D eigenvalue weighted by Gasteiger charge is -2.07. The number of hydrogen-bond donors (Lipinski definition) is 2. The maximum absolute atomic E-state index is 13.3. The zero-order chi connectivity index (χ0) is 14.8. The summed E-state index contributed by atoms with van der Waals surface area (Å²) >= 11 is 0. The summed E-state index contributed by atoms with van der Waals surface area (Å²) in [6, 6.07) is 5.78. The van der Waals surface area contributed by atoms with Crippen molar-refractivity contribution in [3.8, 4) is 0 Å². The van der Waals surface area contributed by atoms with Crippen molar-refractivity contribution < 1.29 is 17.6 Å². The lowest BCUT2D eigenvalue weighted by molar-refractivity contribution is 0.102. The van der Waals surface area contributed by atoms with Crippen molar-refractivity contribution in [3.63, 3.8) is 0 Å². The number of hydrogen-bond acceptors (Lipinski definition) is 4. The monoisotopic (exact) mass is 295 g/mol. The molecule has 0 aliphatic heterocycles. The van der Waals surface area contributed by atoms with Crippen molar-refractivity contribution in [2.75, 3.05) is 5.32 Å². The van der Waals surface area contributed by atoms with E-state index in [1.807, 2.05) is 0 Å². The predicted molar refractivity (Wildman–Crippen MR) is 70.0 cm³/mol. The van der Waals surface area contributed by atoms with Crippen LogP contribution in [0.5, 0.6) is 0 Å². The number of halogens is 1. The standard InChI is InChI=1S/C12H10FN3O3S/c13-9-5-10(7-11(6-9)20(14,18)19)16-12(17)8-1-3-15-4-2-8/h1-7H,(H,16,17)(H2,14,18,19). The van der Waals surface area contributed by atoms with Crippen molar-refractivity contribution >= 4 is 21.6 Å². The lowest BCUT2D eigenvalue weighted by Crippen LogP contribution is -2.15. The van der Waals surface area contributed by atoms with E-state index in [4.69, 9.17) is 5.14 Å². The van der Waals surface area contributed by atoms with Crippen molar-refractivity contribution in [3.05, 3.63) is 54.1 Å². The number of anilines is 1. The van der Waals surface area contributed by atoms with E-state index >= 15 is 0 Å². The number of carbonyl (C=O) groups excluding carboxylic acids is 1. The van der Waals surface area contributed by atoms with Gasteiger partial charge in [0.2, 0.25) is 10.0 Å². The van der Waals surface area contributed by atoms with Crippen molar-refractivity contribution in [2.45, 2.75) is 4.90 Å². The molecule has 1 aromatic carbocycles. The van der Waals surface area contributed by atoms with E-state index in [1.54, 1.807) is 0 Å². The fourth-order valence-electron chi connectivity index (χ4n) is 1.51. The molecule has 0 atom stereocenters. The molecule has 0 unspecified atom stereocenters. The van der Waals surface area contributed by atoms with Gasteiger partial charge in [0.1, 0.15) is 5.82 Å². The second-order valence-electron chi connectivity index (χ2n) is 3.91. The van der Waals surface area contributed by atoms with Crippen LogP contribution in [0.15, 0.2) is 47.6 Å². The first kappa shape index (κ1) is 14.1. The van der Waals surface area contributed by atoms with Crippen LogP contribution in [0.1, 0.15) is 10.4 Å². The highest BCUT2D eigenvalue weighted by atomic mass is 32.2. The maximum atomic E-state index is 13.3. The van der Waals surface area contributed by atoms with Gasteiger partial charge in [-0.05, 0) is 30.3 Å². The van der Waals surface area contributed by atoms with E-state index < -0.39 is 26.6 Å². The Hall–Kier alpha value is -2.32. The van der Waals surface area contributed by atoms with Crippen LogP contribution in [-0.2, 0) is 10.0 Å². The molecule has 0 saturated heterocycles. The molecule has 1 aromatic heterocycles. The first-order valence-corrected chi connectivity index (χ1v) is 6.96. The Morgan fingerprint density at radius 3 is 2.45 bits per heavy atom. The van der Waals surface area contributed by atoms with Gasteiger partial charge in [-0.25, -0.2) is 17.9 Å². The number of sulfonamides is 1. The quantitative estimate of drug-likeness (QED) is 0.885. The molecule has 0 aliphatic carbocycles. The molecular formula is C12H10FN3O3S. The molecule has 2 rings (SSSR count). The number of rotatable bonds is 3. The minimum atomic E-state index is -4.05. The van der Waals surface area contributed by atoms with Gasteiger partial charge in [0.25, 0.3) is 5.91 Å². The highest BCUT2D eigenvalue weighted by molar-refractivity contribution is 7.89. The van der Waals surface area contributed by atoms with Gasteiger partial charge < -0.3 is 5.32 Å². The third-order valence-electron chi connectivity index (χ3n) is 2.40. The number of amides is 1. The molecular weight excluding hydrogens is 285 g/mol. The molecule has 6 nitrogen and oxygen atoms in total. The Balaban J connectivity index is 2.31. The molecule has 0 saturated carbocycles. The van der Waals surface area contributed by atoms with E-state index in [9.17, 15) is 17.6 Å². The number of carbonyl (C=O) groups is 1. The fourth-order valence-corrected chi connectivity index (χ4v) is 2.07. The highest BCUT2D eigenvalue weighted by Gasteiger charge is 2.13. The molecule has 0 aliphatic rings. The summed E-state index contributed by atoms with van der Waals surface area (Å²) in [6.45, 7) is 0. The number of nitrogens with two attached hydrogens (primary N) is 1. The zero-order valence-corrected chi connectivity index (χ0v) is 10.9. The average Bonchev–Trinajstić information content (AvgIpc) is 2.38. The molecule has 104 valence electrons. The van der Waals surface area contributed by atoms with Crippen LogP contribution in [0, 0.1) is 5.82 Å². The smallest absolute Gasteiger partial charge is 0.255 e. The minimum Gasteiger partial charge on any atom is -0.322 e. The molecule has 0 spiro atoms.